The number of hydrogen-bond donors (Lipinski definition) is 1. The van der Waals surface area contributed by atoms with Gasteiger partial charge >= 0.3 is 0 Å². The van der Waals surface area contributed by atoms with Crippen molar-refractivity contribution in [3.63, 3.8) is 0 Å². The number of anilines is 1. The Morgan fingerprint density at radius 3 is 2.22 bits per heavy atom. The molecule has 4 heteroatoms. The molecule has 0 aliphatic rings. The number of rotatable bonds is 4. The summed E-state index contributed by atoms with van der Waals surface area (Å²) >= 11 is 0. The van der Waals surface area contributed by atoms with Crippen molar-refractivity contribution < 1.29 is 13.6 Å². The molecule has 2 aromatic rings. The number of amides is 1. The Morgan fingerprint density at radius 1 is 1.00 bits per heavy atom. The highest BCUT2D eigenvalue weighted by Crippen LogP contribution is 2.22. The fraction of sp³-hybridized carbons (Fsp3) is 0.316. The lowest BCUT2D eigenvalue weighted by atomic mass is 9.86. The van der Waals surface area contributed by atoms with Crippen molar-refractivity contribution in [3.8, 4) is 0 Å². The monoisotopic (exact) mass is 317 g/mol. The molecule has 0 saturated heterocycles. The first-order chi connectivity index (χ1) is 10.8. The van der Waals surface area contributed by atoms with Crippen molar-refractivity contribution >= 4 is 11.6 Å². The third-order valence-corrected chi connectivity index (χ3v) is 3.66. The lowest BCUT2D eigenvalue weighted by Crippen LogP contribution is -2.13. The van der Waals surface area contributed by atoms with Gasteiger partial charge < -0.3 is 5.32 Å². The van der Waals surface area contributed by atoms with Crippen molar-refractivity contribution in [2.45, 2.75) is 39.0 Å². The Morgan fingerprint density at radius 2 is 1.65 bits per heavy atom. The summed E-state index contributed by atoms with van der Waals surface area (Å²) in [6.07, 6.45) is 0.883. The van der Waals surface area contributed by atoms with Gasteiger partial charge in [0.2, 0.25) is 5.91 Å². The Balaban J connectivity index is 1.90. The minimum Gasteiger partial charge on any atom is -0.326 e. The van der Waals surface area contributed by atoms with E-state index >= 15 is 0 Å². The van der Waals surface area contributed by atoms with Gasteiger partial charge in [0.05, 0.1) is 0 Å². The minimum absolute atomic E-state index is 0.0998. The molecular formula is C19H21F2NO. The largest absolute Gasteiger partial charge is 0.326 e. The Bertz CT molecular complexity index is 688. The summed E-state index contributed by atoms with van der Waals surface area (Å²) in [6.45, 7) is 6.45. The average molecular weight is 317 g/mol. The van der Waals surface area contributed by atoms with Gasteiger partial charge in [0.25, 0.3) is 0 Å². The van der Waals surface area contributed by atoms with E-state index in [-0.39, 0.29) is 23.4 Å². The lowest BCUT2D eigenvalue weighted by molar-refractivity contribution is -0.116. The lowest BCUT2D eigenvalue weighted by Gasteiger charge is -2.19. The Labute approximate surface area is 135 Å². The van der Waals surface area contributed by atoms with Crippen LogP contribution in [0.1, 0.15) is 38.3 Å². The van der Waals surface area contributed by atoms with Crippen LogP contribution in [0.2, 0.25) is 0 Å². The highest BCUT2D eigenvalue weighted by atomic mass is 19.2. The summed E-state index contributed by atoms with van der Waals surface area (Å²) < 4.78 is 25.9. The number of halogens is 2. The first-order valence-electron chi connectivity index (χ1n) is 7.60. The first-order valence-corrected chi connectivity index (χ1v) is 7.60. The third-order valence-electron chi connectivity index (χ3n) is 3.66. The second-order valence-electron chi connectivity index (χ2n) is 6.62. The van der Waals surface area contributed by atoms with Gasteiger partial charge in [-0.25, -0.2) is 8.78 Å². The molecule has 1 amide bonds. The molecule has 2 aromatic carbocycles. The predicted molar refractivity (Wildman–Crippen MR) is 88.5 cm³/mol. The standard InChI is InChI=1S/C19H21F2NO/c1-19(2,3)14-7-4-13(5-8-14)6-11-18(23)22-15-9-10-16(20)17(21)12-15/h4-5,7-10,12H,6,11H2,1-3H3,(H,22,23). The fourth-order valence-electron chi connectivity index (χ4n) is 2.23. The highest BCUT2D eigenvalue weighted by molar-refractivity contribution is 5.90. The van der Waals surface area contributed by atoms with E-state index in [4.69, 9.17) is 0 Å². The first kappa shape index (κ1) is 17.1. The molecule has 0 bridgehead atoms. The Kier molecular flexibility index (Phi) is 5.14. The zero-order chi connectivity index (χ0) is 17.0. The van der Waals surface area contributed by atoms with Crippen molar-refractivity contribution in [2.24, 2.45) is 0 Å². The van der Waals surface area contributed by atoms with Crippen LogP contribution in [0.15, 0.2) is 42.5 Å². The van der Waals surface area contributed by atoms with Gasteiger partial charge in [-0.3, -0.25) is 4.79 Å². The van der Waals surface area contributed by atoms with Crippen LogP contribution in [0.4, 0.5) is 14.5 Å². The summed E-state index contributed by atoms with van der Waals surface area (Å²) in [7, 11) is 0. The van der Waals surface area contributed by atoms with E-state index in [0.29, 0.717) is 6.42 Å². The number of hydrogen-bond acceptors (Lipinski definition) is 1. The molecule has 0 radical (unpaired) electrons. The fourth-order valence-corrected chi connectivity index (χ4v) is 2.23. The molecule has 0 saturated carbocycles. The topological polar surface area (TPSA) is 29.1 Å². The molecule has 122 valence electrons. The summed E-state index contributed by atoms with van der Waals surface area (Å²) in [5.74, 6) is -2.13. The molecule has 23 heavy (non-hydrogen) atoms. The minimum atomic E-state index is -0.972. The number of aryl methyl sites for hydroxylation is 1. The van der Waals surface area contributed by atoms with E-state index in [1.165, 1.54) is 11.6 Å². The molecule has 0 fully saturated rings. The van der Waals surface area contributed by atoms with Crippen LogP contribution in [0.3, 0.4) is 0 Å². The van der Waals surface area contributed by atoms with E-state index in [1.54, 1.807) is 0 Å². The highest BCUT2D eigenvalue weighted by Gasteiger charge is 2.13. The molecule has 0 aromatic heterocycles. The maximum atomic E-state index is 13.1. The van der Waals surface area contributed by atoms with Crippen LogP contribution in [0, 0.1) is 11.6 Å². The number of benzene rings is 2. The number of carbonyl (C=O) groups is 1. The Hall–Kier alpha value is -2.23. The van der Waals surface area contributed by atoms with E-state index in [0.717, 1.165) is 17.7 Å². The molecule has 2 rings (SSSR count). The SMILES string of the molecule is CC(C)(C)c1ccc(CCC(=O)Nc2ccc(F)c(F)c2)cc1. The summed E-state index contributed by atoms with van der Waals surface area (Å²) in [5, 5.41) is 2.57. The van der Waals surface area contributed by atoms with Gasteiger partial charge in [-0.1, -0.05) is 45.0 Å². The van der Waals surface area contributed by atoms with Gasteiger partial charge in [0.15, 0.2) is 11.6 Å². The van der Waals surface area contributed by atoms with Crippen LogP contribution in [0.25, 0.3) is 0 Å². The van der Waals surface area contributed by atoms with E-state index in [9.17, 15) is 13.6 Å². The van der Waals surface area contributed by atoms with E-state index in [2.05, 4.69) is 38.2 Å². The summed E-state index contributed by atoms with van der Waals surface area (Å²) in [6, 6.07) is 11.5. The van der Waals surface area contributed by atoms with Gasteiger partial charge in [-0.15, -0.1) is 0 Å². The maximum absolute atomic E-state index is 13.1. The zero-order valence-electron chi connectivity index (χ0n) is 13.6. The van der Waals surface area contributed by atoms with E-state index in [1.807, 2.05) is 12.1 Å². The second kappa shape index (κ2) is 6.90. The maximum Gasteiger partial charge on any atom is 0.224 e. The second-order valence-corrected chi connectivity index (χ2v) is 6.62. The molecule has 2 nitrogen and oxygen atoms in total. The van der Waals surface area contributed by atoms with Gasteiger partial charge in [0, 0.05) is 18.2 Å². The average Bonchev–Trinajstić information content (AvgIpc) is 2.48. The molecule has 1 N–H and O–H groups in total. The van der Waals surface area contributed by atoms with Crippen LogP contribution in [0.5, 0.6) is 0 Å². The molecule has 0 spiro atoms. The predicted octanol–water partition coefficient (Wildman–Crippen LogP) is 4.83. The van der Waals surface area contributed by atoms with Crippen molar-refractivity contribution in [2.75, 3.05) is 5.32 Å². The molecule has 0 aliphatic carbocycles. The van der Waals surface area contributed by atoms with Gasteiger partial charge in [-0.2, -0.15) is 0 Å². The van der Waals surface area contributed by atoms with Crippen LogP contribution >= 0.6 is 0 Å². The summed E-state index contributed by atoms with van der Waals surface area (Å²) in [5.41, 5.74) is 2.67. The number of carbonyl (C=O) groups excluding carboxylic acids is 1. The molecule has 0 unspecified atom stereocenters. The van der Waals surface area contributed by atoms with Crippen molar-refractivity contribution in [1.82, 2.24) is 0 Å². The van der Waals surface area contributed by atoms with Crippen LogP contribution < -0.4 is 5.32 Å². The smallest absolute Gasteiger partial charge is 0.224 e. The molecule has 0 atom stereocenters. The molecule has 0 aliphatic heterocycles. The van der Waals surface area contributed by atoms with Crippen LogP contribution in [-0.2, 0) is 16.6 Å². The van der Waals surface area contributed by atoms with Gasteiger partial charge in [0.1, 0.15) is 0 Å². The van der Waals surface area contributed by atoms with Gasteiger partial charge in [-0.05, 0) is 35.1 Å². The zero-order valence-corrected chi connectivity index (χ0v) is 13.6. The summed E-state index contributed by atoms with van der Waals surface area (Å²) in [4.78, 5) is 11.9. The number of nitrogens with one attached hydrogen (secondary N) is 1. The van der Waals surface area contributed by atoms with Crippen LogP contribution in [-0.4, -0.2) is 5.91 Å². The normalized spacial score (nSPS) is 11.3. The van der Waals surface area contributed by atoms with E-state index < -0.39 is 11.6 Å². The van der Waals surface area contributed by atoms with Crippen molar-refractivity contribution in [1.29, 1.82) is 0 Å². The molecular weight excluding hydrogens is 296 g/mol. The molecule has 0 heterocycles. The third kappa shape index (κ3) is 4.88. The quantitative estimate of drug-likeness (QED) is 0.859. The van der Waals surface area contributed by atoms with Crippen molar-refractivity contribution in [3.05, 3.63) is 65.2 Å².